The number of benzene rings is 1. The number of anilines is 1. The van der Waals surface area contributed by atoms with Crippen LogP contribution in [0.25, 0.3) is 16.7 Å². The van der Waals surface area contributed by atoms with Crippen molar-refractivity contribution in [3.63, 3.8) is 0 Å². The second kappa shape index (κ2) is 6.84. The lowest BCUT2D eigenvalue weighted by molar-refractivity contribution is -0.116. The van der Waals surface area contributed by atoms with E-state index in [9.17, 15) is 9.59 Å². The molecule has 1 aromatic carbocycles. The van der Waals surface area contributed by atoms with Crippen LogP contribution in [0.5, 0.6) is 0 Å². The highest BCUT2D eigenvalue weighted by Crippen LogP contribution is 2.20. The van der Waals surface area contributed by atoms with Gasteiger partial charge in [0.2, 0.25) is 5.91 Å². The third kappa shape index (κ3) is 3.28. The summed E-state index contributed by atoms with van der Waals surface area (Å²) in [6.07, 6.45) is 2.91. The number of amides is 1. The summed E-state index contributed by atoms with van der Waals surface area (Å²) in [6, 6.07) is 8.95. The van der Waals surface area contributed by atoms with Gasteiger partial charge < -0.3 is 5.32 Å². The van der Waals surface area contributed by atoms with Crippen molar-refractivity contribution in [2.75, 3.05) is 5.32 Å². The molecule has 0 spiro atoms. The average molecular weight is 336 g/mol. The summed E-state index contributed by atoms with van der Waals surface area (Å²) in [6.45, 7) is 5.65. The topological polar surface area (TPSA) is 76.9 Å². The van der Waals surface area contributed by atoms with Gasteiger partial charge in [-0.15, -0.1) is 0 Å². The number of pyridine rings is 1. The van der Waals surface area contributed by atoms with Gasteiger partial charge in [-0.1, -0.05) is 6.92 Å². The minimum atomic E-state index is -0.155. The van der Waals surface area contributed by atoms with E-state index in [0.29, 0.717) is 29.0 Å². The monoisotopic (exact) mass is 336 g/mol. The lowest BCUT2D eigenvalue weighted by Crippen LogP contribution is -2.22. The van der Waals surface area contributed by atoms with E-state index >= 15 is 0 Å². The summed E-state index contributed by atoms with van der Waals surface area (Å²) in [5.74, 6) is 0.559. The Morgan fingerprint density at radius 2 is 2.04 bits per heavy atom. The highest BCUT2D eigenvalue weighted by atomic mass is 16.1. The van der Waals surface area contributed by atoms with Gasteiger partial charge in [0, 0.05) is 18.3 Å². The average Bonchev–Trinajstić information content (AvgIpc) is 2.57. The zero-order valence-electron chi connectivity index (χ0n) is 14.5. The van der Waals surface area contributed by atoms with Crippen LogP contribution in [-0.4, -0.2) is 20.4 Å². The molecule has 1 amide bonds. The Kier molecular flexibility index (Phi) is 4.61. The van der Waals surface area contributed by atoms with E-state index in [0.717, 1.165) is 17.7 Å². The first-order chi connectivity index (χ1) is 12.0. The van der Waals surface area contributed by atoms with Crippen molar-refractivity contribution < 1.29 is 4.79 Å². The number of nitrogens with one attached hydrogen (secondary N) is 1. The van der Waals surface area contributed by atoms with Crippen molar-refractivity contribution in [2.24, 2.45) is 0 Å². The Morgan fingerprint density at radius 1 is 1.24 bits per heavy atom. The maximum atomic E-state index is 12.8. The molecule has 0 fully saturated rings. The fraction of sp³-hybridized carbons (Fsp3) is 0.263. The van der Waals surface area contributed by atoms with Gasteiger partial charge in [0.1, 0.15) is 5.82 Å². The van der Waals surface area contributed by atoms with E-state index in [2.05, 4.69) is 15.3 Å². The molecule has 1 N–H and O–H groups in total. The zero-order valence-corrected chi connectivity index (χ0v) is 14.5. The van der Waals surface area contributed by atoms with Crippen LogP contribution in [0.15, 0.2) is 41.3 Å². The lowest BCUT2D eigenvalue weighted by Gasteiger charge is -2.13. The summed E-state index contributed by atoms with van der Waals surface area (Å²) >= 11 is 0. The number of nitrogens with zero attached hydrogens (tertiary/aromatic N) is 3. The number of carbonyl (C=O) groups is 1. The van der Waals surface area contributed by atoms with Crippen LogP contribution in [0, 0.1) is 13.8 Å². The minimum Gasteiger partial charge on any atom is -0.326 e. The summed E-state index contributed by atoms with van der Waals surface area (Å²) in [5, 5.41) is 3.37. The first-order valence-corrected chi connectivity index (χ1v) is 8.26. The number of aromatic nitrogens is 3. The Hall–Kier alpha value is -3.02. The summed E-state index contributed by atoms with van der Waals surface area (Å²) < 4.78 is 1.56. The van der Waals surface area contributed by atoms with Gasteiger partial charge in [0.25, 0.3) is 5.56 Å². The number of fused-ring (bicyclic) bond motifs is 1. The maximum Gasteiger partial charge on any atom is 0.267 e. The molecule has 0 radical (unpaired) electrons. The third-order valence-corrected chi connectivity index (χ3v) is 4.03. The fourth-order valence-electron chi connectivity index (χ4n) is 2.79. The summed E-state index contributed by atoms with van der Waals surface area (Å²) in [7, 11) is 0. The highest BCUT2D eigenvalue weighted by molar-refractivity contribution is 5.91. The van der Waals surface area contributed by atoms with Crippen molar-refractivity contribution in [1.82, 2.24) is 14.5 Å². The Morgan fingerprint density at radius 3 is 2.76 bits per heavy atom. The summed E-state index contributed by atoms with van der Waals surface area (Å²) in [4.78, 5) is 33.2. The van der Waals surface area contributed by atoms with Crippen LogP contribution >= 0.6 is 0 Å². The molecule has 0 unspecified atom stereocenters. The van der Waals surface area contributed by atoms with E-state index in [-0.39, 0.29) is 11.5 Å². The van der Waals surface area contributed by atoms with Crippen molar-refractivity contribution in [3.8, 4) is 5.69 Å². The smallest absolute Gasteiger partial charge is 0.267 e. The molecule has 0 bridgehead atoms. The van der Waals surface area contributed by atoms with Gasteiger partial charge >= 0.3 is 0 Å². The van der Waals surface area contributed by atoms with E-state index in [1.807, 2.05) is 32.0 Å². The lowest BCUT2D eigenvalue weighted by atomic mass is 10.1. The normalized spacial score (nSPS) is 10.8. The largest absolute Gasteiger partial charge is 0.326 e. The van der Waals surface area contributed by atoms with Crippen molar-refractivity contribution in [2.45, 2.75) is 33.6 Å². The van der Waals surface area contributed by atoms with E-state index in [1.54, 1.807) is 29.8 Å². The molecule has 0 aliphatic heterocycles. The SMILES string of the molecule is CCCC(=O)Nc1ccc(-n2c(C)nc3ncccc3c2=O)cc1C. The molecular weight excluding hydrogens is 316 g/mol. The standard InChI is InChI=1S/C19H20N4O2/c1-4-6-17(24)22-16-9-8-14(11-12(16)2)23-13(3)21-18-15(19(23)25)7-5-10-20-18/h5,7-11H,4,6H2,1-3H3,(H,22,24). The molecule has 0 saturated heterocycles. The van der Waals surface area contributed by atoms with Crippen LogP contribution in [-0.2, 0) is 4.79 Å². The Labute approximate surface area is 145 Å². The van der Waals surface area contributed by atoms with Crippen LogP contribution in [0.2, 0.25) is 0 Å². The van der Waals surface area contributed by atoms with Crippen molar-refractivity contribution >= 4 is 22.6 Å². The van der Waals surface area contributed by atoms with Gasteiger partial charge in [-0.25, -0.2) is 9.97 Å². The molecule has 0 aliphatic rings. The maximum absolute atomic E-state index is 12.8. The molecule has 3 rings (SSSR count). The van der Waals surface area contributed by atoms with Gasteiger partial charge in [0.15, 0.2) is 5.65 Å². The molecule has 25 heavy (non-hydrogen) atoms. The minimum absolute atomic E-state index is 0.00913. The van der Waals surface area contributed by atoms with Gasteiger partial charge in [-0.2, -0.15) is 0 Å². The number of carbonyl (C=O) groups excluding carboxylic acids is 1. The molecule has 0 saturated carbocycles. The number of aryl methyl sites for hydroxylation is 2. The van der Waals surface area contributed by atoms with Crippen LogP contribution < -0.4 is 10.9 Å². The van der Waals surface area contributed by atoms with Gasteiger partial charge in [-0.05, 0) is 56.2 Å². The van der Waals surface area contributed by atoms with Crippen LogP contribution in [0.3, 0.4) is 0 Å². The molecule has 2 aromatic heterocycles. The Bertz CT molecular complexity index is 1010. The predicted molar refractivity (Wildman–Crippen MR) is 98.1 cm³/mol. The van der Waals surface area contributed by atoms with Gasteiger partial charge in [-0.3, -0.25) is 14.2 Å². The third-order valence-electron chi connectivity index (χ3n) is 4.03. The first kappa shape index (κ1) is 16.8. The fourth-order valence-corrected chi connectivity index (χ4v) is 2.79. The number of hydrogen-bond acceptors (Lipinski definition) is 4. The number of rotatable bonds is 4. The zero-order chi connectivity index (χ0) is 18.0. The van der Waals surface area contributed by atoms with Crippen LogP contribution in [0.4, 0.5) is 5.69 Å². The van der Waals surface area contributed by atoms with E-state index in [4.69, 9.17) is 0 Å². The van der Waals surface area contributed by atoms with E-state index < -0.39 is 0 Å². The molecule has 3 aromatic rings. The summed E-state index contributed by atoms with van der Waals surface area (Å²) in [5.41, 5.74) is 2.65. The molecule has 2 heterocycles. The molecule has 128 valence electrons. The molecule has 0 aliphatic carbocycles. The molecular formula is C19H20N4O2. The van der Waals surface area contributed by atoms with Gasteiger partial charge in [0.05, 0.1) is 11.1 Å². The van der Waals surface area contributed by atoms with Crippen molar-refractivity contribution in [3.05, 3.63) is 58.3 Å². The Balaban J connectivity index is 2.06. The molecule has 6 nitrogen and oxygen atoms in total. The van der Waals surface area contributed by atoms with E-state index in [1.165, 1.54) is 0 Å². The predicted octanol–water partition coefficient (Wildman–Crippen LogP) is 3.14. The second-order valence-corrected chi connectivity index (χ2v) is 5.97. The molecule has 6 heteroatoms. The molecule has 0 atom stereocenters. The quantitative estimate of drug-likeness (QED) is 0.794. The van der Waals surface area contributed by atoms with Crippen molar-refractivity contribution in [1.29, 1.82) is 0 Å². The second-order valence-electron chi connectivity index (χ2n) is 5.97. The highest BCUT2D eigenvalue weighted by Gasteiger charge is 2.12. The first-order valence-electron chi connectivity index (χ1n) is 8.26. The number of hydrogen-bond donors (Lipinski definition) is 1. The van der Waals surface area contributed by atoms with Crippen LogP contribution in [0.1, 0.15) is 31.2 Å².